The molecule has 122 valence electrons. The number of rotatable bonds is 6. The van der Waals surface area contributed by atoms with Crippen molar-refractivity contribution in [3.05, 3.63) is 48.5 Å². The van der Waals surface area contributed by atoms with Crippen LogP contribution in [0, 0.1) is 0 Å². The molecule has 0 fully saturated rings. The summed E-state index contributed by atoms with van der Waals surface area (Å²) in [7, 11) is -3.68. The van der Waals surface area contributed by atoms with E-state index in [2.05, 4.69) is 0 Å². The Labute approximate surface area is 134 Å². The van der Waals surface area contributed by atoms with Crippen LogP contribution in [0.2, 0.25) is 0 Å². The van der Waals surface area contributed by atoms with Gasteiger partial charge in [0.15, 0.2) is 6.10 Å². The van der Waals surface area contributed by atoms with Crippen molar-refractivity contribution in [1.29, 1.82) is 0 Å². The second kappa shape index (κ2) is 6.70. The lowest BCUT2D eigenvalue weighted by Gasteiger charge is -2.14. The van der Waals surface area contributed by atoms with Gasteiger partial charge in [-0.15, -0.1) is 0 Å². The van der Waals surface area contributed by atoms with Crippen molar-refractivity contribution in [3.63, 3.8) is 0 Å². The third kappa shape index (κ3) is 3.81. The summed E-state index contributed by atoms with van der Waals surface area (Å²) in [5, 5.41) is 9.23. The highest BCUT2D eigenvalue weighted by molar-refractivity contribution is 7.91. The maximum Gasteiger partial charge on any atom is 0.258 e. The quantitative estimate of drug-likeness (QED) is 0.838. The molecule has 0 aliphatic heterocycles. The van der Waals surface area contributed by atoms with Crippen LogP contribution in [0.4, 0.5) is 0 Å². The molecule has 2 aromatic carbocycles. The minimum atomic E-state index is -3.68. The number of phenolic OH excluding ortho intramolecular Hbond substituents is 1. The molecule has 0 aliphatic carbocycles. The van der Waals surface area contributed by atoms with E-state index < -0.39 is 21.8 Å². The summed E-state index contributed by atoms with van der Waals surface area (Å²) in [6.07, 6.45) is -0.336. The van der Waals surface area contributed by atoms with Crippen LogP contribution in [0.1, 0.15) is 13.3 Å². The Kier molecular flexibility index (Phi) is 4.90. The predicted molar refractivity (Wildman–Crippen MR) is 83.9 cm³/mol. The molecule has 1 amide bonds. The van der Waals surface area contributed by atoms with Crippen LogP contribution < -0.4 is 10.5 Å². The van der Waals surface area contributed by atoms with Crippen molar-refractivity contribution in [3.8, 4) is 11.5 Å². The van der Waals surface area contributed by atoms with Crippen LogP contribution in [-0.2, 0) is 14.6 Å². The van der Waals surface area contributed by atoms with Gasteiger partial charge in [-0.3, -0.25) is 4.79 Å². The number of hydrogen-bond acceptors (Lipinski definition) is 5. The van der Waals surface area contributed by atoms with Crippen molar-refractivity contribution in [2.45, 2.75) is 29.2 Å². The molecule has 6 nitrogen and oxygen atoms in total. The Hall–Kier alpha value is -2.54. The number of primary amides is 1. The summed E-state index contributed by atoms with van der Waals surface area (Å²) in [4.78, 5) is 11.3. The summed E-state index contributed by atoms with van der Waals surface area (Å²) in [5.74, 6) is -0.224. The van der Waals surface area contributed by atoms with E-state index in [1.54, 1.807) is 6.92 Å². The molecular formula is C16H17NO5S. The molecule has 2 aromatic rings. The number of hydrogen-bond donors (Lipinski definition) is 2. The van der Waals surface area contributed by atoms with Gasteiger partial charge in [-0.1, -0.05) is 6.92 Å². The minimum Gasteiger partial charge on any atom is -0.508 e. The van der Waals surface area contributed by atoms with Gasteiger partial charge in [-0.05, 0) is 55.0 Å². The van der Waals surface area contributed by atoms with Crippen LogP contribution in [0.15, 0.2) is 58.3 Å². The molecule has 0 spiro atoms. The number of phenols is 1. The summed E-state index contributed by atoms with van der Waals surface area (Å²) in [6.45, 7) is 1.76. The second-order valence-corrected chi connectivity index (χ2v) is 6.84. The van der Waals surface area contributed by atoms with Gasteiger partial charge >= 0.3 is 0 Å². The molecule has 0 heterocycles. The molecule has 0 aromatic heterocycles. The molecule has 2 rings (SSSR count). The SMILES string of the molecule is CCC(Oc1ccc(S(=O)(=O)c2ccc(O)cc2)cc1)C(N)=O. The largest absolute Gasteiger partial charge is 0.508 e. The van der Waals surface area contributed by atoms with Crippen molar-refractivity contribution >= 4 is 15.7 Å². The zero-order chi connectivity index (χ0) is 17.0. The van der Waals surface area contributed by atoms with E-state index in [0.717, 1.165) is 0 Å². The van der Waals surface area contributed by atoms with E-state index in [1.807, 2.05) is 0 Å². The number of nitrogens with two attached hydrogens (primary N) is 1. The number of benzene rings is 2. The third-order valence-electron chi connectivity index (χ3n) is 3.25. The van der Waals surface area contributed by atoms with Gasteiger partial charge in [0.25, 0.3) is 5.91 Å². The first-order valence-electron chi connectivity index (χ1n) is 6.94. The Morgan fingerprint density at radius 3 is 2.00 bits per heavy atom. The fourth-order valence-electron chi connectivity index (χ4n) is 1.97. The van der Waals surface area contributed by atoms with Gasteiger partial charge in [-0.25, -0.2) is 8.42 Å². The van der Waals surface area contributed by atoms with Crippen LogP contribution in [0.5, 0.6) is 11.5 Å². The molecule has 3 N–H and O–H groups in total. The maximum absolute atomic E-state index is 12.4. The zero-order valence-corrected chi connectivity index (χ0v) is 13.3. The van der Waals surface area contributed by atoms with Crippen LogP contribution in [-0.4, -0.2) is 25.5 Å². The van der Waals surface area contributed by atoms with Gasteiger partial charge in [0, 0.05) is 0 Å². The topological polar surface area (TPSA) is 107 Å². The average molecular weight is 335 g/mol. The fraction of sp³-hybridized carbons (Fsp3) is 0.188. The van der Waals surface area contributed by atoms with E-state index in [0.29, 0.717) is 12.2 Å². The molecule has 0 aliphatic rings. The molecule has 1 unspecified atom stereocenters. The lowest BCUT2D eigenvalue weighted by molar-refractivity contribution is -0.124. The lowest BCUT2D eigenvalue weighted by atomic mass is 10.2. The van der Waals surface area contributed by atoms with Crippen LogP contribution in [0.3, 0.4) is 0 Å². The van der Waals surface area contributed by atoms with Gasteiger partial charge in [0.2, 0.25) is 9.84 Å². The van der Waals surface area contributed by atoms with Crippen molar-refractivity contribution in [2.75, 3.05) is 0 Å². The van der Waals surface area contributed by atoms with Crippen molar-refractivity contribution in [1.82, 2.24) is 0 Å². The van der Waals surface area contributed by atoms with E-state index in [4.69, 9.17) is 10.5 Å². The number of ether oxygens (including phenoxy) is 1. The lowest BCUT2D eigenvalue weighted by Crippen LogP contribution is -2.32. The van der Waals surface area contributed by atoms with Crippen molar-refractivity contribution < 1.29 is 23.1 Å². The van der Waals surface area contributed by atoms with Crippen LogP contribution in [0.25, 0.3) is 0 Å². The number of carbonyl (C=O) groups excluding carboxylic acids is 1. The van der Waals surface area contributed by atoms with E-state index in [-0.39, 0.29) is 15.5 Å². The summed E-state index contributed by atoms with van der Waals surface area (Å²) in [5.41, 5.74) is 5.20. The molecule has 7 heteroatoms. The Balaban J connectivity index is 2.25. The van der Waals surface area contributed by atoms with Gasteiger partial charge < -0.3 is 15.6 Å². The number of amides is 1. The van der Waals surface area contributed by atoms with E-state index >= 15 is 0 Å². The van der Waals surface area contributed by atoms with Gasteiger partial charge in [-0.2, -0.15) is 0 Å². The molecule has 0 radical (unpaired) electrons. The van der Waals surface area contributed by atoms with Gasteiger partial charge in [0.1, 0.15) is 11.5 Å². The highest BCUT2D eigenvalue weighted by atomic mass is 32.2. The molecule has 0 bridgehead atoms. The van der Waals surface area contributed by atoms with E-state index in [9.17, 15) is 18.3 Å². The molecule has 0 saturated carbocycles. The molecule has 1 atom stereocenters. The van der Waals surface area contributed by atoms with Crippen molar-refractivity contribution in [2.24, 2.45) is 5.73 Å². The van der Waals surface area contributed by atoms with Gasteiger partial charge in [0.05, 0.1) is 9.79 Å². The number of sulfone groups is 1. The first-order valence-corrected chi connectivity index (χ1v) is 8.43. The Morgan fingerprint density at radius 1 is 1.09 bits per heavy atom. The fourth-order valence-corrected chi connectivity index (χ4v) is 3.23. The Bertz CT molecular complexity index is 782. The smallest absolute Gasteiger partial charge is 0.258 e. The highest BCUT2D eigenvalue weighted by Gasteiger charge is 2.19. The summed E-state index contributed by atoms with van der Waals surface area (Å²) in [6, 6.07) is 11.0. The molecule has 23 heavy (non-hydrogen) atoms. The molecular weight excluding hydrogens is 318 g/mol. The number of aromatic hydroxyl groups is 1. The minimum absolute atomic E-state index is 0.00948. The van der Waals surface area contributed by atoms with E-state index in [1.165, 1.54) is 48.5 Å². The average Bonchev–Trinajstić information content (AvgIpc) is 2.53. The zero-order valence-electron chi connectivity index (χ0n) is 12.5. The molecule has 0 saturated heterocycles. The standard InChI is InChI=1S/C16H17NO5S/c1-2-15(16(17)19)22-12-5-9-14(10-6-12)23(20,21)13-7-3-11(18)4-8-13/h3-10,15,18H,2H2,1H3,(H2,17,19). The predicted octanol–water partition coefficient (Wildman–Crippen LogP) is 1.87. The van der Waals surface area contributed by atoms with Crippen LogP contribution >= 0.6 is 0 Å². The first-order chi connectivity index (χ1) is 10.8. The summed E-state index contributed by atoms with van der Waals surface area (Å²) >= 11 is 0. The Morgan fingerprint density at radius 2 is 1.57 bits per heavy atom. The number of carbonyl (C=O) groups is 1. The highest BCUT2D eigenvalue weighted by Crippen LogP contribution is 2.25. The maximum atomic E-state index is 12.4. The first kappa shape index (κ1) is 16.8. The monoisotopic (exact) mass is 335 g/mol. The normalized spacial score (nSPS) is 12.6. The summed E-state index contributed by atoms with van der Waals surface area (Å²) < 4.78 is 30.3. The second-order valence-electron chi connectivity index (χ2n) is 4.89. The third-order valence-corrected chi connectivity index (χ3v) is 5.03.